The van der Waals surface area contributed by atoms with Gasteiger partial charge in [-0.25, -0.2) is 0 Å². The molecule has 150 valence electrons. The van der Waals surface area contributed by atoms with Crippen molar-refractivity contribution in [3.8, 4) is 34.1 Å². The van der Waals surface area contributed by atoms with Gasteiger partial charge in [-0.2, -0.15) is 0 Å². The van der Waals surface area contributed by atoms with Gasteiger partial charge in [-0.15, -0.1) is 0 Å². The van der Waals surface area contributed by atoms with E-state index in [9.17, 15) is 5.11 Å². The maximum absolute atomic E-state index is 11.2. The highest BCUT2D eigenvalue weighted by Gasteiger charge is 2.39. The fourth-order valence-corrected chi connectivity index (χ4v) is 4.73. The number of aromatic hydroxyl groups is 1. The number of likely N-dealkylation sites (N-methyl/N-ethyl adjacent to an activating group) is 1. The quantitative estimate of drug-likeness (QED) is 0.874. The molecule has 6 nitrogen and oxygen atoms in total. The minimum atomic E-state index is 0.156. The summed E-state index contributed by atoms with van der Waals surface area (Å²) in [5.41, 5.74) is 6.35. The molecule has 6 heteroatoms. The van der Waals surface area contributed by atoms with E-state index >= 15 is 0 Å². The molecule has 0 amide bonds. The molecule has 1 atom stereocenters. The summed E-state index contributed by atoms with van der Waals surface area (Å²) in [4.78, 5) is 4.46. The minimum absolute atomic E-state index is 0.156. The fraction of sp³-hybridized carbons (Fsp3) is 0.455. The van der Waals surface area contributed by atoms with Crippen LogP contribution < -0.4 is 19.1 Å². The Morgan fingerprint density at radius 1 is 1.04 bits per heavy atom. The minimum Gasteiger partial charge on any atom is -0.504 e. The van der Waals surface area contributed by atoms with Crippen molar-refractivity contribution in [2.24, 2.45) is 0 Å². The number of hydrogen-bond acceptors (Lipinski definition) is 6. The Morgan fingerprint density at radius 3 is 2.36 bits per heavy atom. The van der Waals surface area contributed by atoms with Gasteiger partial charge < -0.3 is 24.2 Å². The second-order valence-corrected chi connectivity index (χ2v) is 7.70. The average Bonchev–Trinajstić information content (AvgIpc) is 2.69. The summed E-state index contributed by atoms with van der Waals surface area (Å²) < 4.78 is 17.0. The standard InChI is InChI=1S/C22H28N2O4/c1-23(2)14-11-16(26-4)21(25)19-13(14)10-15-18-12(7-8-24(15)3)9-17(27-5)22(28-6)20(18)19/h9,11,15,25H,7-8,10H2,1-6H3. The number of phenolic OH excluding ortho intramolecular Hbond substituents is 1. The van der Waals surface area contributed by atoms with Gasteiger partial charge in [0.05, 0.1) is 21.3 Å². The third-order valence-corrected chi connectivity index (χ3v) is 6.09. The first-order valence-corrected chi connectivity index (χ1v) is 9.51. The maximum atomic E-state index is 11.2. The number of fused-ring (bicyclic) bond motifs is 2. The van der Waals surface area contributed by atoms with Gasteiger partial charge in [0, 0.05) is 49.6 Å². The molecule has 1 unspecified atom stereocenters. The van der Waals surface area contributed by atoms with Crippen molar-refractivity contribution in [1.82, 2.24) is 4.90 Å². The molecule has 1 aliphatic carbocycles. The lowest BCUT2D eigenvalue weighted by Gasteiger charge is -2.41. The number of ether oxygens (including phenoxy) is 3. The molecule has 0 aromatic heterocycles. The zero-order valence-corrected chi connectivity index (χ0v) is 17.4. The highest BCUT2D eigenvalue weighted by atomic mass is 16.5. The van der Waals surface area contributed by atoms with E-state index in [-0.39, 0.29) is 11.8 Å². The Hall–Kier alpha value is -2.60. The summed E-state index contributed by atoms with van der Waals surface area (Å²) in [7, 11) is 11.1. The van der Waals surface area contributed by atoms with Crippen LogP contribution in [0.2, 0.25) is 0 Å². The number of hydrogen-bond donors (Lipinski definition) is 1. The van der Waals surface area contributed by atoms with Gasteiger partial charge in [0.1, 0.15) is 0 Å². The first kappa shape index (κ1) is 18.7. The van der Waals surface area contributed by atoms with Gasteiger partial charge in [-0.1, -0.05) is 0 Å². The molecule has 0 saturated carbocycles. The Morgan fingerprint density at radius 2 is 1.75 bits per heavy atom. The molecule has 28 heavy (non-hydrogen) atoms. The molecule has 0 saturated heterocycles. The van der Waals surface area contributed by atoms with Crippen molar-refractivity contribution in [3.05, 3.63) is 28.8 Å². The fourth-order valence-electron chi connectivity index (χ4n) is 4.73. The average molecular weight is 384 g/mol. The van der Waals surface area contributed by atoms with E-state index in [1.165, 1.54) is 11.1 Å². The van der Waals surface area contributed by atoms with E-state index in [0.29, 0.717) is 17.2 Å². The molecular weight excluding hydrogens is 356 g/mol. The van der Waals surface area contributed by atoms with Crippen LogP contribution >= 0.6 is 0 Å². The van der Waals surface area contributed by atoms with E-state index in [0.717, 1.165) is 41.8 Å². The van der Waals surface area contributed by atoms with Crippen LogP contribution in [0, 0.1) is 0 Å². The van der Waals surface area contributed by atoms with Gasteiger partial charge in [0.2, 0.25) is 0 Å². The van der Waals surface area contributed by atoms with Crippen LogP contribution in [0.15, 0.2) is 12.1 Å². The summed E-state index contributed by atoms with van der Waals surface area (Å²) in [6.45, 7) is 0.987. The summed E-state index contributed by atoms with van der Waals surface area (Å²) >= 11 is 0. The number of methoxy groups -OCH3 is 3. The summed E-state index contributed by atoms with van der Waals surface area (Å²) in [5, 5.41) is 11.2. The van der Waals surface area contributed by atoms with Crippen LogP contribution in [0.4, 0.5) is 5.69 Å². The maximum Gasteiger partial charge on any atom is 0.169 e. The highest BCUT2D eigenvalue weighted by Crippen LogP contribution is 2.57. The van der Waals surface area contributed by atoms with Gasteiger partial charge in [-0.3, -0.25) is 4.90 Å². The van der Waals surface area contributed by atoms with E-state index in [2.05, 4.69) is 22.9 Å². The SMILES string of the molecule is COc1cc(N(C)C)c2c(c1O)-c1c(OC)c(OC)cc3c1C(C2)N(C)CC3. The molecule has 1 N–H and O–H groups in total. The smallest absolute Gasteiger partial charge is 0.169 e. The number of anilines is 1. The molecule has 0 fully saturated rings. The van der Waals surface area contributed by atoms with E-state index in [4.69, 9.17) is 14.2 Å². The van der Waals surface area contributed by atoms with Crippen LogP contribution in [0.3, 0.4) is 0 Å². The van der Waals surface area contributed by atoms with Crippen molar-refractivity contribution in [2.45, 2.75) is 18.9 Å². The molecule has 0 bridgehead atoms. The number of phenols is 1. The molecule has 4 rings (SSSR count). The molecule has 2 aliphatic rings. The van der Waals surface area contributed by atoms with E-state index < -0.39 is 0 Å². The second-order valence-electron chi connectivity index (χ2n) is 7.70. The molecule has 2 aromatic rings. The van der Waals surface area contributed by atoms with E-state index in [1.54, 1.807) is 21.3 Å². The topological polar surface area (TPSA) is 54.4 Å². The summed E-state index contributed by atoms with van der Waals surface area (Å²) in [6.07, 6.45) is 1.77. The van der Waals surface area contributed by atoms with Crippen molar-refractivity contribution >= 4 is 5.69 Å². The monoisotopic (exact) mass is 384 g/mol. The van der Waals surface area contributed by atoms with Crippen molar-refractivity contribution in [2.75, 3.05) is 53.9 Å². The summed E-state index contributed by atoms with van der Waals surface area (Å²) in [5.74, 6) is 1.98. The second kappa shape index (κ2) is 6.78. The van der Waals surface area contributed by atoms with Crippen LogP contribution in [-0.2, 0) is 12.8 Å². The van der Waals surface area contributed by atoms with Crippen LogP contribution in [0.25, 0.3) is 11.1 Å². The molecule has 0 spiro atoms. The zero-order chi connectivity index (χ0) is 20.2. The largest absolute Gasteiger partial charge is 0.504 e. The molecule has 0 radical (unpaired) electrons. The number of benzene rings is 2. The third-order valence-electron chi connectivity index (χ3n) is 6.09. The van der Waals surface area contributed by atoms with Gasteiger partial charge in [-0.05, 0) is 42.6 Å². The first-order chi connectivity index (χ1) is 13.4. The Bertz CT molecular complexity index is 939. The predicted octanol–water partition coefficient (Wildman–Crippen LogP) is 3.24. The molecule has 2 aromatic carbocycles. The van der Waals surface area contributed by atoms with Gasteiger partial charge in [0.25, 0.3) is 0 Å². The normalized spacial score (nSPS) is 17.6. The lowest BCUT2D eigenvalue weighted by molar-refractivity contribution is 0.226. The lowest BCUT2D eigenvalue weighted by atomic mass is 9.75. The first-order valence-electron chi connectivity index (χ1n) is 9.51. The van der Waals surface area contributed by atoms with Crippen LogP contribution in [-0.4, -0.2) is 59.0 Å². The summed E-state index contributed by atoms with van der Waals surface area (Å²) in [6, 6.07) is 4.24. The van der Waals surface area contributed by atoms with Crippen LogP contribution in [0.5, 0.6) is 23.0 Å². The lowest BCUT2D eigenvalue weighted by Crippen LogP contribution is -2.36. The highest BCUT2D eigenvalue weighted by molar-refractivity contribution is 5.91. The predicted molar refractivity (Wildman–Crippen MR) is 110 cm³/mol. The van der Waals surface area contributed by atoms with Gasteiger partial charge >= 0.3 is 0 Å². The van der Waals surface area contributed by atoms with Crippen molar-refractivity contribution in [3.63, 3.8) is 0 Å². The van der Waals surface area contributed by atoms with Crippen molar-refractivity contribution < 1.29 is 19.3 Å². The number of rotatable bonds is 4. The molecular formula is C22H28N2O4. The Labute approximate surface area is 166 Å². The van der Waals surface area contributed by atoms with Gasteiger partial charge in [0.15, 0.2) is 23.0 Å². The van der Waals surface area contributed by atoms with Crippen LogP contribution in [0.1, 0.15) is 22.7 Å². The number of nitrogens with zero attached hydrogens (tertiary/aromatic N) is 2. The Balaban J connectivity index is 2.16. The molecule has 1 heterocycles. The third kappa shape index (κ3) is 2.51. The zero-order valence-electron chi connectivity index (χ0n) is 17.4. The Kier molecular flexibility index (Phi) is 4.54. The molecule has 1 aliphatic heterocycles. The van der Waals surface area contributed by atoms with Crippen molar-refractivity contribution in [1.29, 1.82) is 0 Å². The van der Waals surface area contributed by atoms with E-state index in [1.807, 2.05) is 20.2 Å².